The maximum atomic E-state index is 9.42. The minimum Gasteiger partial charge on any atom is -0.396 e. The second-order valence-electron chi connectivity index (χ2n) is 1.11. The third-order valence-corrected chi connectivity index (χ3v) is 0.612. The van der Waals surface area contributed by atoms with Gasteiger partial charge in [-0.05, 0) is 18.6 Å². The van der Waals surface area contributed by atoms with E-state index in [9.17, 15) is 5.11 Å². The van der Waals surface area contributed by atoms with Crippen LogP contribution in [-0.2, 0) is 0 Å². The van der Waals surface area contributed by atoms with Crippen molar-refractivity contribution in [3.63, 3.8) is 0 Å². The van der Waals surface area contributed by atoms with Crippen molar-refractivity contribution in [3.05, 3.63) is 0 Å². The maximum Gasteiger partial charge on any atom is 0.0567 e. The molecule has 1 nitrogen and oxygen atoms in total. The van der Waals surface area contributed by atoms with Gasteiger partial charge in [0.05, 0.1) is 2.74 Å². The van der Waals surface area contributed by atoms with E-state index in [4.69, 9.17) is 17.8 Å². The second kappa shape index (κ2) is 3.08. The average molecular weight is 127 g/mol. The van der Waals surface area contributed by atoms with Gasteiger partial charge in [-0.3, -0.25) is 0 Å². The van der Waals surface area contributed by atoms with E-state index in [-0.39, 0.29) is 0 Å². The van der Waals surface area contributed by atoms with Gasteiger partial charge < -0.3 is 5.11 Å². The molecule has 0 atom stereocenters. The van der Waals surface area contributed by atoms with Crippen LogP contribution in [0.15, 0.2) is 0 Å². The van der Waals surface area contributed by atoms with E-state index < -0.39 is 44.3 Å². The quantitative estimate of drug-likeness (QED) is 0.567. The van der Waals surface area contributed by atoms with Crippen molar-refractivity contribution >= 4 is 0 Å². The minimum absolute atomic E-state index is 3.72. The molecule has 0 spiro atoms. The van der Waals surface area contributed by atoms with Crippen LogP contribution in [0.3, 0.4) is 0 Å². The van der Waals surface area contributed by atoms with Crippen LogP contribution >= 0.6 is 0 Å². The van der Waals surface area contributed by atoms with E-state index in [2.05, 4.69) is 0 Å². The van der Waals surface area contributed by atoms with Crippen molar-refractivity contribution < 1.29 is 22.9 Å². The molecule has 1 saturated carbocycles. The highest BCUT2D eigenvalue weighted by molar-refractivity contribution is 4.63. The molecular formula is C7H14O. The minimum atomic E-state index is -3.98. The predicted molar refractivity (Wildman–Crippen MR) is 33.7 cm³/mol. The lowest BCUT2D eigenvalue weighted by Gasteiger charge is -2.18. The fourth-order valence-corrected chi connectivity index (χ4v) is 0.306. The summed E-state index contributed by atoms with van der Waals surface area (Å²) in [7, 11) is 0. The summed E-state index contributed by atoms with van der Waals surface area (Å²) in [6, 6.07) is 0. The Hall–Kier alpha value is -0.0400. The number of hydrogen-bond acceptors (Lipinski definition) is 1. The summed E-state index contributed by atoms with van der Waals surface area (Å²) in [5.41, 5.74) is 0. The molecule has 0 aromatic carbocycles. The molecule has 48 valence electrons. The monoisotopic (exact) mass is 127 g/mol. The Morgan fingerprint density at radius 1 is 1.62 bits per heavy atom. The van der Waals surface area contributed by atoms with E-state index >= 15 is 0 Å². The van der Waals surface area contributed by atoms with Gasteiger partial charge in [-0.15, -0.1) is 0 Å². The normalized spacial score (nSPS) is 84.9. The zero-order chi connectivity index (χ0) is 17.5. The first kappa shape index (κ1) is 0.878. The smallest absolute Gasteiger partial charge is 0.0567 e. The molecule has 0 aromatic rings. The fraction of sp³-hybridized carbons (Fsp3) is 1.00. The standard InChI is InChI=1S/C7H14O/c8-6-7-4-2-1-3-5-7/h7-8H,1-6H2/i1D2,2D2,3D2,4D2,5D2,6D2,7D. The molecule has 0 amide bonds. The van der Waals surface area contributed by atoms with E-state index in [0.29, 0.717) is 0 Å². The number of aliphatic hydroxyl groups is 1. The van der Waals surface area contributed by atoms with Crippen LogP contribution in [0.2, 0.25) is 0 Å². The first-order chi connectivity index (χ1) is 8.75. The Morgan fingerprint density at radius 2 is 2.25 bits per heavy atom. The van der Waals surface area contributed by atoms with Crippen LogP contribution in [-0.4, -0.2) is 11.7 Å². The average Bonchev–Trinajstić information content (AvgIpc) is 2.23. The largest absolute Gasteiger partial charge is 0.396 e. The van der Waals surface area contributed by atoms with Gasteiger partial charge in [0.15, 0.2) is 0 Å². The highest BCUT2D eigenvalue weighted by Crippen LogP contribution is 2.22. The van der Waals surface area contributed by atoms with Gasteiger partial charge >= 0.3 is 0 Å². The number of rotatable bonds is 1. The van der Waals surface area contributed by atoms with Crippen molar-refractivity contribution in [1.29, 1.82) is 0 Å². The summed E-state index contributed by atoms with van der Waals surface area (Å²) in [6.45, 7) is -3.98. The Bertz CT molecular complexity index is 416. The Kier molecular flexibility index (Phi) is 0.338. The van der Waals surface area contributed by atoms with Crippen LogP contribution in [0.4, 0.5) is 0 Å². The SMILES string of the molecule is [2H]C([2H])(O)C1([2H])C([2H])([2H])C([2H])([2H])C([2H])([2H])C([2H])([2H])C1([2H])[2H]. The van der Waals surface area contributed by atoms with Gasteiger partial charge in [0.1, 0.15) is 0 Å². The van der Waals surface area contributed by atoms with Crippen LogP contribution in [0.25, 0.3) is 0 Å². The molecule has 1 fully saturated rings. The summed E-state index contributed by atoms with van der Waals surface area (Å²) >= 11 is 0. The molecule has 0 radical (unpaired) electrons. The molecule has 1 aliphatic rings. The molecule has 0 heterocycles. The lowest BCUT2D eigenvalue weighted by Crippen LogP contribution is -2.09. The first-order valence-corrected chi connectivity index (χ1v) is 1.97. The van der Waals surface area contributed by atoms with Gasteiger partial charge in [0.25, 0.3) is 0 Å². The highest BCUT2D eigenvalue weighted by Gasteiger charge is 2.10. The van der Waals surface area contributed by atoms with E-state index in [1.54, 1.807) is 0 Å². The van der Waals surface area contributed by atoms with Crippen LogP contribution in [0, 0.1) is 5.89 Å². The summed E-state index contributed by atoms with van der Waals surface area (Å²) in [6.07, 6.45) is -19.0. The maximum absolute atomic E-state index is 9.42. The molecule has 1 rings (SSSR count). The van der Waals surface area contributed by atoms with Crippen LogP contribution in [0.5, 0.6) is 0 Å². The molecule has 0 unspecified atom stereocenters. The van der Waals surface area contributed by atoms with Gasteiger partial charge in [-0.1, -0.05) is 19.1 Å². The molecule has 0 bridgehead atoms. The Labute approximate surface area is 69.0 Å². The molecule has 0 saturated heterocycles. The molecule has 1 aliphatic carbocycles. The summed E-state index contributed by atoms with van der Waals surface area (Å²) in [5.74, 6) is -3.95. The third-order valence-electron chi connectivity index (χ3n) is 0.612. The topological polar surface area (TPSA) is 20.2 Å². The van der Waals surface area contributed by atoms with Crippen LogP contribution < -0.4 is 0 Å². The predicted octanol–water partition coefficient (Wildman–Crippen LogP) is 1.56. The van der Waals surface area contributed by atoms with Gasteiger partial charge in [-0.2, -0.15) is 0 Å². The molecular weight excluding hydrogens is 100 g/mol. The zero-order valence-electron chi connectivity index (χ0n) is 16.9. The Morgan fingerprint density at radius 3 is 2.75 bits per heavy atom. The van der Waals surface area contributed by atoms with E-state index in [1.807, 2.05) is 0 Å². The molecule has 0 aliphatic heterocycles. The van der Waals surface area contributed by atoms with E-state index in [1.165, 1.54) is 0 Å². The van der Waals surface area contributed by atoms with Crippen LogP contribution in [0.1, 0.15) is 49.7 Å². The lowest BCUT2D eigenvalue weighted by molar-refractivity contribution is 0.190. The summed E-state index contributed by atoms with van der Waals surface area (Å²) in [4.78, 5) is 0. The van der Waals surface area contributed by atoms with Gasteiger partial charge in [-0.25, -0.2) is 0 Å². The van der Waals surface area contributed by atoms with Crippen molar-refractivity contribution in [2.45, 2.75) is 31.9 Å². The number of hydrogen-bond donors (Lipinski definition) is 1. The zero-order valence-corrected chi connectivity index (χ0v) is 3.95. The highest BCUT2D eigenvalue weighted by atomic mass is 16.3. The van der Waals surface area contributed by atoms with Crippen molar-refractivity contribution in [3.8, 4) is 0 Å². The van der Waals surface area contributed by atoms with Gasteiger partial charge in [0.2, 0.25) is 0 Å². The summed E-state index contributed by atoms with van der Waals surface area (Å²) < 4.78 is 97.3. The molecule has 0 aromatic heterocycles. The molecule has 1 heteroatoms. The molecule has 1 N–H and O–H groups in total. The lowest BCUT2D eigenvalue weighted by atomic mass is 9.90. The van der Waals surface area contributed by atoms with Crippen molar-refractivity contribution in [2.24, 2.45) is 5.89 Å². The van der Waals surface area contributed by atoms with Gasteiger partial charge in [0, 0.05) is 21.6 Å². The molecule has 8 heavy (non-hydrogen) atoms. The van der Waals surface area contributed by atoms with Crippen molar-refractivity contribution in [2.75, 3.05) is 6.56 Å². The van der Waals surface area contributed by atoms with E-state index in [0.717, 1.165) is 0 Å². The fourth-order valence-electron chi connectivity index (χ4n) is 0.306. The summed E-state index contributed by atoms with van der Waals surface area (Å²) in [5, 5.41) is 9.42. The third kappa shape index (κ3) is 1.48. The Balaban J connectivity index is 3.93. The first-order valence-electron chi connectivity index (χ1n) is 8.47. The van der Waals surface area contributed by atoms with Crippen molar-refractivity contribution in [1.82, 2.24) is 0 Å². The second-order valence-corrected chi connectivity index (χ2v) is 1.11.